The van der Waals surface area contributed by atoms with Crippen LogP contribution in [0.1, 0.15) is 31.2 Å². The van der Waals surface area contributed by atoms with Gasteiger partial charge in [0.25, 0.3) is 0 Å². The van der Waals surface area contributed by atoms with Gasteiger partial charge < -0.3 is 25.2 Å². The first-order valence-corrected chi connectivity index (χ1v) is 10.5. The van der Waals surface area contributed by atoms with E-state index in [9.17, 15) is 14.4 Å². The third-order valence-electron chi connectivity index (χ3n) is 5.35. The highest BCUT2D eigenvalue weighted by Gasteiger charge is 2.34. The number of nitrogens with zero attached hydrogens (tertiary/aromatic N) is 2. The van der Waals surface area contributed by atoms with Crippen molar-refractivity contribution in [3.8, 4) is 0 Å². The molecule has 2 amide bonds. The third kappa shape index (κ3) is 7.59. The van der Waals surface area contributed by atoms with E-state index in [-0.39, 0.29) is 30.8 Å². The fourth-order valence-corrected chi connectivity index (χ4v) is 3.83. The van der Waals surface area contributed by atoms with Crippen LogP contribution in [0.3, 0.4) is 0 Å². The van der Waals surface area contributed by atoms with Crippen molar-refractivity contribution in [2.75, 3.05) is 40.3 Å². The standard InChI is InChI=1S/C22H34N4O3/c1-23-16-21(28)24-20(11-7-15-27)22(29)26-13-6-10-19(26)17-25(2)14-12-18-8-4-3-5-9-18/h3-5,8-9,15,19-20,23H,6-7,10-14,16-17H2,1-2H3,(H,24,28). The molecule has 1 heterocycles. The molecule has 2 N–H and O–H groups in total. The highest BCUT2D eigenvalue weighted by atomic mass is 16.2. The lowest BCUT2D eigenvalue weighted by Gasteiger charge is -2.31. The fraction of sp³-hybridized carbons (Fsp3) is 0.591. The normalized spacial score (nSPS) is 17.3. The molecule has 1 aromatic rings. The maximum atomic E-state index is 13.1. The predicted octanol–water partition coefficient (Wildman–Crippen LogP) is 0.835. The van der Waals surface area contributed by atoms with E-state index in [1.54, 1.807) is 7.05 Å². The Morgan fingerprint density at radius 2 is 2.07 bits per heavy atom. The van der Waals surface area contributed by atoms with Gasteiger partial charge in [-0.1, -0.05) is 30.3 Å². The second-order valence-corrected chi connectivity index (χ2v) is 7.72. The number of likely N-dealkylation sites (N-methyl/N-ethyl adjacent to an activating group) is 2. The number of carbonyl (C=O) groups excluding carboxylic acids is 3. The zero-order valence-electron chi connectivity index (χ0n) is 17.6. The lowest BCUT2D eigenvalue weighted by molar-refractivity contribution is -0.137. The van der Waals surface area contributed by atoms with Gasteiger partial charge in [0.1, 0.15) is 12.3 Å². The molecular formula is C22H34N4O3. The zero-order valence-corrected chi connectivity index (χ0v) is 17.6. The van der Waals surface area contributed by atoms with Crippen molar-refractivity contribution in [2.45, 2.75) is 44.2 Å². The van der Waals surface area contributed by atoms with E-state index in [4.69, 9.17) is 0 Å². The van der Waals surface area contributed by atoms with Crippen LogP contribution in [0.15, 0.2) is 30.3 Å². The van der Waals surface area contributed by atoms with Crippen LogP contribution in [0.2, 0.25) is 0 Å². The molecule has 0 spiro atoms. The van der Waals surface area contributed by atoms with Gasteiger partial charge in [-0.25, -0.2) is 0 Å². The van der Waals surface area contributed by atoms with Crippen molar-refractivity contribution in [3.63, 3.8) is 0 Å². The number of hydrogen-bond acceptors (Lipinski definition) is 5. The quantitative estimate of drug-likeness (QED) is 0.506. The van der Waals surface area contributed by atoms with E-state index in [1.807, 2.05) is 11.0 Å². The Hall–Kier alpha value is -2.25. The molecule has 1 saturated heterocycles. The Morgan fingerprint density at radius 1 is 1.31 bits per heavy atom. The van der Waals surface area contributed by atoms with Crippen LogP contribution in [0.5, 0.6) is 0 Å². The minimum absolute atomic E-state index is 0.0738. The summed E-state index contributed by atoms with van der Waals surface area (Å²) >= 11 is 0. The molecular weight excluding hydrogens is 368 g/mol. The minimum Gasteiger partial charge on any atom is -0.343 e. The summed E-state index contributed by atoms with van der Waals surface area (Å²) in [6.45, 7) is 2.59. The number of benzene rings is 1. The molecule has 2 atom stereocenters. The monoisotopic (exact) mass is 402 g/mol. The first-order chi connectivity index (χ1) is 14.0. The van der Waals surface area contributed by atoms with Crippen LogP contribution in [0.25, 0.3) is 0 Å². The van der Waals surface area contributed by atoms with Crippen LogP contribution in [0, 0.1) is 0 Å². The summed E-state index contributed by atoms with van der Waals surface area (Å²) in [5.41, 5.74) is 1.31. The number of hydrogen-bond donors (Lipinski definition) is 2. The zero-order chi connectivity index (χ0) is 21.1. The Balaban J connectivity index is 1.92. The highest BCUT2D eigenvalue weighted by Crippen LogP contribution is 2.20. The second-order valence-electron chi connectivity index (χ2n) is 7.72. The van der Waals surface area contributed by atoms with Crippen molar-refractivity contribution >= 4 is 18.1 Å². The van der Waals surface area contributed by atoms with Crippen LogP contribution in [-0.2, 0) is 20.8 Å². The number of likely N-dealkylation sites (tertiary alicyclic amines) is 1. The van der Waals surface area contributed by atoms with E-state index in [1.165, 1.54) is 5.56 Å². The minimum atomic E-state index is -0.642. The summed E-state index contributed by atoms with van der Waals surface area (Å²) in [6.07, 6.45) is 4.29. The Labute approximate surface area is 173 Å². The van der Waals surface area contributed by atoms with Crippen molar-refractivity contribution in [2.24, 2.45) is 0 Å². The van der Waals surface area contributed by atoms with Crippen LogP contribution in [0.4, 0.5) is 0 Å². The molecule has 0 saturated carbocycles. The van der Waals surface area contributed by atoms with Gasteiger partial charge in [-0.3, -0.25) is 9.59 Å². The van der Waals surface area contributed by atoms with E-state index in [0.29, 0.717) is 13.0 Å². The molecule has 0 bridgehead atoms. The largest absolute Gasteiger partial charge is 0.343 e. The maximum Gasteiger partial charge on any atom is 0.245 e. The molecule has 7 heteroatoms. The number of nitrogens with one attached hydrogen (secondary N) is 2. The van der Waals surface area contributed by atoms with Gasteiger partial charge in [0.2, 0.25) is 11.8 Å². The van der Waals surface area contributed by atoms with Crippen molar-refractivity contribution < 1.29 is 14.4 Å². The van der Waals surface area contributed by atoms with Crippen LogP contribution in [-0.4, -0.2) is 80.3 Å². The summed E-state index contributed by atoms with van der Waals surface area (Å²) in [5, 5.41) is 5.57. The lowest BCUT2D eigenvalue weighted by atomic mass is 10.1. The van der Waals surface area contributed by atoms with E-state index in [0.717, 1.165) is 38.6 Å². The van der Waals surface area contributed by atoms with Gasteiger partial charge >= 0.3 is 0 Å². The molecule has 0 aromatic heterocycles. The first-order valence-electron chi connectivity index (χ1n) is 10.5. The summed E-state index contributed by atoms with van der Waals surface area (Å²) in [4.78, 5) is 40.1. The lowest BCUT2D eigenvalue weighted by Crippen LogP contribution is -2.53. The smallest absolute Gasteiger partial charge is 0.245 e. The number of aldehydes is 1. The molecule has 7 nitrogen and oxygen atoms in total. The van der Waals surface area contributed by atoms with Crippen LogP contribution < -0.4 is 10.6 Å². The maximum absolute atomic E-state index is 13.1. The molecule has 1 aliphatic rings. The Bertz CT molecular complexity index is 653. The Morgan fingerprint density at radius 3 is 2.76 bits per heavy atom. The predicted molar refractivity (Wildman–Crippen MR) is 114 cm³/mol. The summed E-state index contributed by atoms with van der Waals surface area (Å²) in [7, 11) is 3.77. The third-order valence-corrected chi connectivity index (χ3v) is 5.35. The molecule has 29 heavy (non-hydrogen) atoms. The van der Waals surface area contributed by atoms with Crippen molar-refractivity contribution in [1.82, 2.24) is 20.4 Å². The summed E-state index contributed by atoms with van der Waals surface area (Å²) in [6, 6.07) is 9.88. The molecule has 0 aliphatic carbocycles. The second kappa shape index (κ2) is 12.3. The molecule has 0 radical (unpaired) electrons. The van der Waals surface area contributed by atoms with Gasteiger partial charge in [0.15, 0.2) is 0 Å². The van der Waals surface area contributed by atoms with Gasteiger partial charge in [-0.15, -0.1) is 0 Å². The molecule has 2 unspecified atom stereocenters. The van der Waals surface area contributed by atoms with Crippen molar-refractivity contribution in [3.05, 3.63) is 35.9 Å². The molecule has 1 aliphatic heterocycles. The Kier molecular flexibility index (Phi) is 9.80. The number of rotatable bonds is 12. The molecule has 2 rings (SSSR count). The highest BCUT2D eigenvalue weighted by molar-refractivity contribution is 5.88. The first kappa shape index (κ1) is 23.0. The van der Waals surface area contributed by atoms with E-state index in [2.05, 4.69) is 46.8 Å². The molecule has 1 fully saturated rings. The topological polar surface area (TPSA) is 81.8 Å². The van der Waals surface area contributed by atoms with Crippen LogP contribution >= 0.6 is 0 Å². The summed E-state index contributed by atoms with van der Waals surface area (Å²) in [5.74, 6) is -0.303. The van der Waals surface area contributed by atoms with E-state index >= 15 is 0 Å². The average molecular weight is 403 g/mol. The van der Waals surface area contributed by atoms with Gasteiger partial charge in [0, 0.05) is 32.1 Å². The summed E-state index contributed by atoms with van der Waals surface area (Å²) < 4.78 is 0. The fourth-order valence-electron chi connectivity index (χ4n) is 3.83. The van der Waals surface area contributed by atoms with Gasteiger partial charge in [0.05, 0.1) is 6.54 Å². The average Bonchev–Trinajstić information content (AvgIpc) is 3.18. The van der Waals surface area contributed by atoms with Gasteiger partial charge in [-0.2, -0.15) is 0 Å². The SMILES string of the molecule is CNCC(=O)NC(CCC=O)C(=O)N1CCCC1CN(C)CCc1ccccc1. The van der Waals surface area contributed by atoms with E-state index < -0.39 is 6.04 Å². The molecule has 160 valence electrons. The number of amides is 2. The molecule has 1 aromatic carbocycles. The van der Waals surface area contributed by atoms with Gasteiger partial charge in [-0.05, 0) is 45.3 Å². The number of carbonyl (C=O) groups is 3. The van der Waals surface area contributed by atoms with Crippen molar-refractivity contribution in [1.29, 1.82) is 0 Å².